The molecule has 1 aromatic carbocycles. The van der Waals surface area contributed by atoms with Gasteiger partial charge in [-0.05, 0) is 62.1 Å². The number of hydrogen-bond donors (Lipinski definition) is 1. The molecule has 5 heteroatoms. The largest absolute Gasteiger partial charge is 0.274 e. The fourth-order valence-electron chi connectivity index (χ4n) is 3.15. The van der Waals surface area contributed by atoms with Crippen LogP contribution in [0.4, 0.5) is 0 Å². The zero-order chi connectivity index (χ0) is 16.8. The molecule has 1 aromatic rings. The summed E-state index contributed by atoms with van der Waals surface area (Å²) in [5.74, 6) is -0.450. The van der Waals surface area contributed by atoms with Crippen molar-refractivity contribution in [3.63, 3.8) is 0 Å². The van der Waals surface area contributed by atoms with Crippen LogP contribution in [-0.4, -0.2) is 19.1 Å². The summed E-state index contributed by atoms with van der Waals surface area (Å²) in [7, 11) is -3.61. The van der Waals surface area contributed by atoms with E-state index in [-0.39, 0.29) is 17.7 Å². The van der Waals surface area contributed by atoms with Crippen molar-refractivity contribution in [1.29, 1.82) is 0 Å². The van der Waals surface area contributed by atoms with Gasteiger partial charge in [0.25, 0.3) is 0 Å². The molecule has 124 valence electrons. The highest BCUT2D eigenvalue weighted by molar-refractivity contribution is 7.91. The van der Waals surface area contributed by atoms with Gasteiger partial charge in [-0.2, -0.15) is 0 Å². The smallest absolute Gasteiger partial charge is 0.240 e. The third-order valence-corrected chi connectivity index (χ3v) is 7.40. The maximum Gasteiger partial charge on any atom is 0.240 e. The number of amides is 1. The molecule has 1 amide bonds. The van der Waals surface area contributed by atoms with Crippen LogP contribution >= 0.6 is 0 Å². The fourth-order valence-corrected chi connectivity index (χ4v) is 4.76. The second-order valence-corrected chi connectivity index (χ2v) is 9.01. The number of aryl methyl sites for hydroxylation is 2. The first-order chi connectivity index (χ1) is 10.8. The van der Waals surface area contributed by atoms with Crippen molar-refractivity contribution < 1.29 is 13.2 Å². The molecule has 2 aliphatic rings. The lowest BCUT2D eigenvalue weighted by Gasteiger charge is -2.15. The van der Waals surface area contributed by atoms with E-state index in [1.165, 1.54) is 11.1 Å². The first-order valence-corrected chi connectivity index (χ1v) is 9.52. The Kier molecular flexibility index (Phi) is 3.87. The number of carbonyl (C=O) groups excluding carboxylic acids is 1. The highest BCUT2D eigenvalue weighted by Gasteiger charge is 2.55. The molecule has 4 nitrogen and oxygen atoms in total. The van der Waals surface area contributed by atoms with Gasteiger partial charge in [0, 0.05) is 5.92 Å². The van der Waals surface area contributed by atoms with Gasteiger partial charge in [0.1, 0.15) is 0 Å². The zero-order valence-electron chi connectivity index (χ0n) is 13.6. The average Bonchev–Trinajstić information content (AvgIpc) is 3.34. The van der Waals surface area contributed by atoms with E-state index in [4.69, 9.17) is 0 Å². The quantitative estimate of drug-likeness (QED) is 0.814. The van der Waals surface area contributed by atoms with Crippen molar-refractivity contribution in [3.8, 4) is 0 Å². The molecule has 23 heavy (non-hydrogen) atoms. The zero-order valence-corrected chi connectivity index (χ0v) is 14.4. The summed E-state index contributed by atoms with van der Waals surface area (Å²) in [5, 5.41) is 0. The summed E-state index contributed by atoms with van der Waals surface area (Å²) in [6.07, 6.45) is 3.95. The standard InChI is InChI=1S/C18H23NO3S/c1-4-7-18(8-9-18)23(21,22)19-17(20)16-11-15(16)14-6-5-12(2)13(3)10-14/h4-6,10,15-16H,1,7-9,11H2,2-3H3,(H,19,20)/t15-,16+/m0/s1. The molecule has 0 bridgehead atoms. The fraction of sp³-hybridized carbons (Fsp3) is 0.500. The van der Waals surface area contributed by atoms with Crippen LogP contribution in [0.5, 0.6) is 0 Å². The minimum Gasteiger partial charge on any atom is -0.274 e. The molecule has 3 rings (SSSR count). The summed E-state index contributed by atoms with van der Waals surface area (Å²) < 4.78 is 26.3. The molecule has 2 atom stereocenters. The molecule has 0 spiro atoms. The maximum atomic E-state index is 12.4. The lowest BCUT2D eigenvalue weighted by Crippen LogP contribution is -2.40. The van der Waals surface area contributed by atoms with E-state index in [0.29, 0.717) is 19.3 Å². The Balaban J connectivity index is 1.67. The lowest BCUT2D eigenvalue weighted by atomic mass is 10.0. The number of benzene rings is 1. The topological polar surface area (TPSA) is 63.2 Å². The third kappa shape index (κ3) is 2.94. The predicted molar refractivity (Wildman–Crippen MR) is 90.6 cm³/mol. The van der Waals surface area contributed by atoms with Crippen molar-refractivity contribution in [2.75, 3.05) is 0 Å². The van der Waals surface area contributed by atoms with E-state index in [0.717, 1.165) is 12.0 Å². The van der Waals surface area contributed by atoms with Gasteiger partial charge in [0.15, 0.2) is 0 Å². The van der Waals surface area contributed by atoms with Gasteiger partial charge >= 0.3 is 0 Å². The Morgan fingerprint density at radius 2 is 2.04 bits per heavy atom. The molecule has 0 aliphatic heterocycles. The number of carbonyl (C=O) groups is 1. The van der Waals surface area contributed by atoms with E-state index < -0.39 is 14.8 Å². The Morgan fingerprint density at radius 1 is 1.35 bits per heavy atom. The van der Waals surface area contributed by atoms with Gasteiger partial charge in [-0.1, -0.05) is 24.3 Å². The first kappa shape index (κ1) is 16.2. The summed E-state index contributed by atoms with van der Waals surface area (Å²) in [4.78, 5) is 12.3. The minimum atomic E-state index is -3.61. The van der Waals surface area contributed by atoms with Gasteiger partial charge in [-0.25, -0.2) is 8.42 Å². The molecule has 2 aliphatic carbocycles. The van der Waals surface area contributed by atoms with Crippen LogP contribution in [0.2, 0.25) is 0 Å². The van der Waals surface area contributed by atoms with Crippen molar-refractivity contribution in [2.24, 2.45) is 5.92 Å². The Bertz CT molecular complexity index is 762. The lowest BCUT2D eigenvalue weighted by molar-refractivity contribution is -0.120. The normalized spacial score (nSPS) is 24.8. The summed E-state index contributed by atoms with van der Waals surface area (Å²) in [5.41, 5.74) is 3.54. The molecule has 2 saturated carbocycles. The predicted octanol–water partition coefficient (Wildman–Crippen LogP) is 2.96. The van der Waals surface area contributed by atoms with E-state index >= 15 is 0 Å². The van der Waals surface area contributed by atoms with Crippen LogP contribution < -0.4 is 4.72 Å². The molecule has 0 radical (unpaired) electrons. The first-order valence-electron chi connectivity index (χ1n) is 8.04. The number of allylic oxidation sites excluding steroid dienone is 1. The number of nitrogens with one attached hydrogen (secondary N) is 1. The minimum absolute atomic E-state index is 0.138. The van der Waals surface area contributed by atoms with Crippen LogP contribution in [0.25, 0.3) is 0 Å². The third-order valence-electron chi connectivity index (χ3n) is 5.22. The summed E-state index contributed by atoms with van der Waals surface area (Å²) in [6.45, 7) is 7.72. The molecular formula is C18H23NO3S. The van der Waals surface area contributed by atoms with Crippen LogP contribution in [0.3, 0.4) is 0 Å². The SMILES string of the molecule is C=CCC1(S(=O)(=O)NC(=O)[C@@H]2C[C@H]2c2ccc(C)c(C)c2)CC1. The van der Waals surface area contributed by atoms with Crippen molar-refractivity contribution in [3.05, 3.63) is 47.5 Å². The summed E-state index contributed by atoms with van der Waals surface area (Å²) in [6, 6.07) is 6.19. The molecule has 2 fully saturated rings. The highest BCUT2D eigenvalue weighted by atomic mass is 32.2. The van der Waals surface area contributed by atoms with Crippen LogP contribution in [0, 0.1) is 19.8 Å². The number of rotatable bonds is 6. The maximum absolute atomic E-state index is 12.4. The average molecular weight is 333 g/mol. The molecular weight excluding hydrogens is 310 g/mol. The van der Waals surface area contributed by atoms with Crippen molar-refractivity contribution in [1.82, 2.24) is 4.72 Å². The van der Waals surface area contributed by atoms with Gasteiger partial charge < -0.3 is 0 Å². The van der Waals surface area contributed by atoms with Gasteiger partial charge in [0.2, 0.25) is 15.9 Å². The van der Waals surface area contributed by atoms with Gasteiger partial charge in [0.05, 0.1) is 4.75 Å². The molecule has 0 aromatic heterocycles. The second-order valence-electron chi connectivity index (χ2n) is 6.94. The van der Waals surface area contributed by atoms with Crippen molar-refractivity contribution >= 4 is 15.9 Å². The Hall–Kier alpha value is -1.62. The van der Waals surface area contributed by atoms with E-state index in [2.05, 4.69) is 30.4 Å². The van der Waals surface area contributed by atoms with Crippen LogP contribution in [0.1, 0.15) is 48.3 Å². The number of sulfonamides is 1. The van der Waals surface area contributed by atoms with E-state index in [1.807, 2.05) is 13.0 Å². The van der Waals surface area contributed by atoms with Gasteiger partial charge in [-0.15, -0.1) is 6.58 Å². The Morgan fingerprint density at radius 3 is 2.61 bits per heavy atom. The molecule has 1 N–H and O–H groups in total. The van der Waals surface area contributed by atoms with Gasteiger partial charge in [-0.3, -0.25) is 9.52 Å². The van der Waals surface area contributed by atoms with Crippen LogP contribution in [0.15, 0.2) is 30.9 Å². The van der Waals surface area contributed by atoms with Crippen LogP contribution in [-0.2, 0) is 14.8 Å². The summed E-state index contributed by atoms with van der Waals surface area (Å²) >= 11 is 0. The molecule has 0 saturated heterocycles. The highest BCUT2D eigenvalue weighted by Crippen LogP contribution is 2.49. The van der Waals surface area contributed by atoms with Crippen molar-refractivity contribution in [2.45, 2.75) is 50.2 Å². The van der Waals surface area contributed by atoms with E-state index in [1.54, 1.807) is 6.08 Å². The molecule has 0 heterocycles. The monoisotopic (exact) mass is 333 g/mol. The number of hydrogen-bond acceptors (Lipinski definition) is 3. The Labute approximate surface area is 138 Å². The second kappa shape index (κ2) is 5.48. The molecule has 0 unspecified atom stereocenters. The van der Waals surface area contributed by atoms with E-state index in [9.17, 15) is 13.2 Å².